The summed E-state index contributed by atoms with van der Waals surface area (Å²) in [7, 11) is 0. The number of hydrogen-bond donors (Lipinski definition) is 6. The van der Waals surface area contributed by atoms with Crippen molar-refractivity contribution in [3.8, 4) is 0 Å². The van der Waals surface area contributed by atoms with Crippen molar-refractivity contribution >= 4 is 5.91 Å². The Hall–Kier alpha value is -0.810. The summed E-state index contributed by atoms with van der Waals surface area (Å²) in [5.74, 6) is -0.143. The standard InChI is InChI=1S/C53H105NO8/c1-3-5-7-9-11-13-14-15-16-17-18-19-20-21-22-23-24-25-26-27-28-29-30-31-32-33-35-36-38-40-42-47(56)46(45-61-53-52(60)51(59)50(58)48(44-55)62-53)54-49(57)43-41-39-37-34-12-10-8-6-4-2/h46-48,50-53,55-56,58-60H,3-45H2,1-2H3,(H,54,57). The Bertz CT molecular complexity index is 939. The van der Waals surface area contributed by atoms with Gasteiger partial charge >= 0.3 is 0 Å². The molecule has 0 saturated carbocycles. The molecule has 0 bridgehead atoms. The number of carbonyl (C=O) groups is 1. The number of rotatable bonds is 47. The van der Waals surface area contributed by atoms with Crippen molar-refractivity contribution in [2.45, 2.75) is 320 Å². The monoisotopic (exact) mass is 884 g/mol. The third-order valence-electron chi connectivity index (χ3n) is 13.5. The van der Waals surface area contributed by atoms with Crippen LogP contribution in [-0.2, 0) is 14.3 Å². The summed E-state index contributed by atoms with van der Waals surface area (Å²) >= 11 is 0. The van der Waals surface area contributed by atoms with E-state index >= 15 is 0 Å². The third kappa shape index (κ3) is 33.6. The Morgan fingerprint density at radius 1 is 0.484 bits per heavy atom. The van der Waals surface area contributed by atoms with Gasteiger partial charge in [0.25, 0.3) is 0 Å². The van der Waals surface area contributed by atoms with E-state index in [4.69, 9.17) is 9.47 Å². The van der Waals surface area contributed by atoms with Gasteiger partial charge in [-0.25, -0.2) is 0 Å². The molecule has 62 heavy (non-hydrogen) atoms. The van der Waals surface area contributed by atoms with Crippen molar-refractivity contribution in [2.75, 3.05) is 13.2 Å². The van der Waals surface area contributed by atoms with E-state index in [1.807, 2.05) is 0 Å². The van der Waals surface area contributed by atoms with E-state index in [1.165, 1.54) is 212 Å². The highest BCUT2D eigenvalue weighted by molar-refractivity contribution is 5.76. The first-order valence-corrected chi connectivity index (χ1v) is 27.2. The van der Waals surface area contributed by atoms with Crippen LogP contribution >= 0.6 is 0 Å². The average molecular weight is 884 g/mol. The molecule has 9 nitrogen and oxygen atoms in total. The van der Waals surface area contributed by atoms with E-state index in [-0.39, 0.29) is 12.5 Å². The molecule has 0 spiro atoms. The first-order valence-electron chi connectivity index (χ1n) is 27.2. The fourth-order valence-electron chi connectivity index (χ4n) is 9.11. The van der Waals surface area contributed by atoms with E-state index in [2.05, 4.69) is 19.2 Å². The van der Waals surface area contributed by atoms with Crippen LogP contribution in [-0.4, -0.2) is 87.5 Å². The summed E-state index contributed by atoms with van der Waals surface area (Å²) in [6, 6.07) is -0.711. The second-order valence-corrected chi connectivity index (χ2v) is 19.4. The molecule has 0 aromatic rings. The number of hydrogen-bond acceptors (Lipinski definition) is 8. The van der Waals surface area contributed by atoms with Gasteiger partial charge in [0.05, 0.1) is 25.4 Å². The van der Waals surface area contributed by atoms with Crippen LogP contribution in [0.4, 0.5) is 0 Å². The molecule has 9 heteroatoms. The summed E-state index contributed by atoms with van der Waals surface area (Å²) in [4.78, 5) is 12.9. The minimum Gasteiger partial charge on any atom is -0.394 e. The molecule has 1 amide bonds. The molecule has 1 rings (SSSR count). The fourth-order valence-corrected chi connectivity index (χ4v) is 9.11. The van der Waals surface area contributed by atoms with Crippen LogP contribution in [0.15, 0.2) is 0 Å². The predicted octanol–water partition coefficient (Wildman–Crippen LogP) is 12.7. The lowest BCUT2D eigenvalue weighted by Gasteiger charge is -2.40. The average Bonchev–Trinajstić information content (AvgIpc) is 3.27. The molecule has 1 fully saturated rings. The van der Waals surface area contributed by atoms with Crippen LogP contribution in [0.25, 0.3) is 0 Å². The fraction of sp³-hybridized carbons (Fsp3) is 0.981. The summed E-state index contributed by atoms with van der Waals surface area (Å²) in [5, 5.41) is 54.4. The Kier molecular flexibility index (Phi) is 42.1. The maximum atomic E-state index is 12.9. The van der Waals surface area contributed by atoms with Crippen molar-refractivity contribution in [2.24, 2.45) is 0 Å². The van der Waals surface area contributed by atoms with E-state index in [0.717, 1.165) is 38.5 Å². The van der Waals surface area contributed by atoms with Gasteiger partial charge in [0, 0.05) is 6.42 Å². The van der Waals surface area contributed by atoms with E-state index < -0.39 is 49.5 Å². The summed E-state index contributed by atoms with van der Waals surface area (Å²) in [6.07, 6.45) is 44.4. The van der Waals surface area contributed by atoms with Crippen molar-refractivity contribution in [3.05, 3.63) is 0 Å². The Balaban J connectivity index is 2.09. The molecule has 1 heterocycles. The molecule has 1 aliphatic rings. The van der Waals surface area contributed by atoms with Crippen LogP contribution in [0.1, 0.15) is 277 Å². The van der Waals surface area contributed by atoms with Crippen molar-refractivity contribution in [1.29, 1.82) is 0 Å². The number of carbonyl (C=O) groups excluding carboxylic acids is 1. The normalized spacial score (nSPS) is 20.1. The van der Waals surface area contributed by atoms with Gasteiger partial charge in [-0.05, 0) is 12.8 Å². The quantitative estimate of drug-likeness (QED) is 0.0331. The number of unbranched alkanes of at least 4 members (excludes halogenated alkanes) is 37. The largest absolute Gasteiger partial charge is 0.394 e. The molecule has 0 aromatic heterocycles. The molecule has 7 atom stereocenters. The van der Waals surface area contributed by atoms with Crippen LogP contribution in [0.2, 0.25) is 0 Å². The number of ether oxygens (including phenoxy) is 2. The highest BCUT2D eigenvalue weighted by atomic mass is 16.7. The molecule has 0 aliphatic carbocycles. The highest BCUT2D eigenvalue weighted by Crippen LogP contribution is 2.23. The first kappa shape index (κ1) is 59.2. The van der Waals surface area contributed by atoms with Gasteiger partial charge in [0.15, 0.2) is 6.29 Å². The number of aliphatic hydroxyl groups excluding tert-OH is 5. The zero-order valence-electron chi connectivity index (χ0n) is 40.9. The Morgan fingerprint density at radius 3 is 1.15 bits per heavy atom. The Morgan fingerprint density at radius 2 is 0.806 bits per heavy atom. The van der Waals surface area contributed by atoms with Crippen LogP contribution in [0.5, 0.6) is 0 Å². The van der Waals surface area contributed by atoms with Gasteiger partial charge in [-0.15, -0.1) is 0 Å². The van der Waals surface area contributed by atoms with Crippen LogP contribution in [0.3, 0.4) is 0 Å². The molecular weight excluding hydrogens is 779 g/mol. The number of amides is 1. The third-order valence-corrected chi connectivity index (χ3v) is 13.5. The topological polar surface area (TPSA) is 149 Å². The second-order valence-electron chi connectivity index (χ2n) is 19.4. The van der Waals surface area contributed by atoms with E-state index in [9.17, 15) is 30.3 Å². The molecule has 7 unspecified atom stereocenters. The van der Waals surface area contributed by atoms with Gasteiger partial charge in [-0.2, -0.15) is 0 Å². The molecular formula is C53H105NO8. The lowest BCUT2D eigenvalue weighted by molar-refractivity contribution is -0.302. The maximum Gasteiger partial charge on any atom is 0.220 e. The molecule has 1 saturated heterocycles. The summed E-state index contributed by atoms with van der Waals surface area (Å²) in [6.45, 7) is 3.84. The lowest BCUT2D eigenvalue weighted by atomic mass is 9.99. The van der Waals surface area contributed by atoms with Crippen molar-refractivity contribution in [3.63, 3.8) is 0 Å². The highest BCUT2D eigenvalue weighted by Gasteiger charge is 2.44. The smallest absolute Gasteiger partial charge is 0.220 e. The van der Waals surface area contributed by atoms with E-state index in [0.29, 0.717) is 12.8 Å². The maximum absolute atomic E-state index is 12.9. The minimum absolute atomic E-state index is 0.132. The van der Waals surface area contributed by atoms with Crippen molar-refractivity contribution in [1.82, 2.24) is 5.32 Å². The summed E-state index contributed by atoms with van der Waals surface area (Å²) < 4.78 is 11.3. The van der Waals surface area contributed by atoms with Crippen molar-refractivity contribution < 1.29 is 39.8 Å². The van der Waals surface area contributed by atoms with Crippen LogP contribution in [0, 0.1) is 0 Å². The molecule has 0 aromatic carbocycles. The first-order chi connectivity index (χ1) is 30.3. The lowest BCUT2D eigenvalue weighted by Crippen LogP contribution is -2.60. The second kappa shape index (κ2) is 44.0. The zero-order chi connectivity index (χ0) is 45.1. The van der Waals surface area contributed by atoms with Gasteiger partial charge in [-0.1, -0.05) is 258 Å². The van der Waals surface area contributed by atoms with Gasteiger partial charge in [-0.3, -0.25) is 4.79 Å². The molecule has 0 radical (unpaired) electrons. The zero-order valence-corrected chi connectivity index (χ0v) is 40.9. The number of nitrogens with one attached hydrogen (secondary N) is 1. The minimum atomic E-state index is -1.55. The summed E-state index contributed by atoms with van der Waals surface area (Å²) in [5.41, 5.74) is 0. The molecule has 6 N–H and O–H groups in total. The van der Waals surface area contributed by atoms with Gasteiger partial charge < -0.3 is 40.3 Å². The SMILES string of the molecule is CCCCCCCCCCCCCCCCCCCCCCCCCCCCCCCCC(O)C(COC1OC(CO)C(O)C(O)C1O)NC(=O)CCCCCCCCCCC. The molecule has 370 valence electrons. The van der Waals surface area contributed by atoms with Gasteiger partial charge in [0.2, 0.25) is 5.91 Å². The number of aliphatic hydroxyl groups is 5. The predicted molar refractivity (Wildman–Crippen MR) is 258 cm³/mol. The van der Waals surface area contributed by atoms with E-state index in [1.54, 1.807) is 0 Å². The van der Waals surface area contributed by atoms with Crippen LogP contribution < -0.4 is 5.32 Å². The Labute approximate surface area is 383 Å². The molecule has 1 aliphatic heterocycles. The van der Waals surface area contributed by atoms with Gasteiger partial charge in [0.1, 0.15) is 24.4 Å².